The van der Waals surface area contributed by atoms with Crippen molar-refractivity contribution in [3.05, 3.63) is 54.1 Å². The molecular formula is C21H22N6O. The number of piperazine rings is 1. The molecule has 0 unspecified atom stereocenters. The van der Waals surface area contributed by atoms with Gasteiger partial charge >= 0.3 is 0 Å². The summed E-state index contributed by atoms with van der Waals surface area (Å²) < 4.78 is 5.30. The van der Waals surface area contributed by atoms with E-state index in [1.165, 1.54) is 5.56 Å². The molecule has 1 N–H and O–H groups in total. The first kappa shape index (κ1) is 18.0. The minimum Gasteiger partial charge on any atom is -0.497 e. The summed E-state index contributed by atoms with van der Waals surface area (Å²) in [4.78, 5) is 14.0. The molecule has 2 aromatic carbocycles. The third kappa shape index (κ3) is 3.82. The summed E-state index contributed by atoms with van der Waals surface area (Å²) in [6, 6.07) is 16.1. The van der Waals surface area contributed by atoms with Gasteiger partial charge < -0.3 is 9.64 Å². The Bertz CT molecular complexity index is 993. The second-order valence-electron chi connectivity index (χ2n) is 6.74. The minimum absolute atomic E-state index is 0.497. The van der Waals surface area contributed by atoms with Crippen molar-refractivity contribution in [3.63, 3.8) is 0 Å². The SMILES string of the molecule is COc1ccc2nc(NC#N)c(N3CCN(Cc4ccccc4)CC3)nc2c1. The van der Waals surface area contributed by atoms with Crippen molar-refractivity contribution in [1.29, 1.82) is 5.26 Å². The molecule has 2 heterocycles. The first-order valence-electron chi connectivity index (χ1n) is 9.29. The van der Waals surface area contributed by atoms with E-state index < -0.39 is 0 Å². The van der Waals surface area contributed by atoms with Gasteiger partial charge in [0.05, 0.1) is 18.1 Å². The molecule has 7 nitrogen and oxygen atoms in total. The van der Waals surface area contributed by atoms with E-state index in [2.05, 4.69) is 44.4 Å². The molecule has 1 aliphatic rings. The smallest absolute Gasteiger partial charge is 0.183 e. The number of hydrogen-bond donors (Lipinski definition) is 1. The van der Waals surface area contributed by atoms with Gasteiger partial charge in [-0.2, -0.15) is 5.26 Å². The van der Waals surface area contributed by atoms with Gasteiger partial charge in [-0.25, -0.2) is 9.97 Å². The first-order chi connectivity index (χ1) is 13.8. The number of nitrogens with one attached hydrogen (secondary N) is 1. The van der Waals surface area contributed by atoms with Gasteiger partial charge in [0.15, 0.2) is 17.8 Å². The molecule has 3 aromatic rings. The van der Waals surface area contributed by atoms with E-state index in [-0.39, 0.29) is 0 Å². The fourth-order valence-electron chi connectivity index (χ4n) is 3.47. The van der Waals surface area contributed by atoms with Crippen LogP contribution in [0.1, 0.15) is 5.56 Å². The molecule has 1 fully saturated rings. The Morgan fingerprint density at radius 1 is 1.04 bits per heavy atom. The highest BCUT2D eigenvalue weighted by Crippen LogP contribution is 2.28. The highest BCUT2D eigenvalue weighted by atomic mass is 16.5. The Labute approximate surface area is 164 Å². The normalized spacial score (nSPS) is 14.6. The number of ether oxygens (including phenoxy) is 1. The zero-order valence-corrected chi connectivity index (χ0v) is 15.8. The Hall–Kier alpha value is -3.37. The van der Waals surface area contributed by atoms with E-state index in [1.54, 1.807) is 7.11 Å². The Morgan fingerprint density at radius 3 is 2.54 bits per heavy atom. The fourth-order valence-corrected chi connectivity index (χ4v) is 3.47. The summed E-state index contributed by atoms with van der Waals surface area (Å²) in [5, 5.41) is 11.8. The molecule has 142 valence electrons. The molecule has 0 aliphatic carbocycles. The number of anilines is 2. The number of aromatic nitrogens is 2. The molecule has 4 rings (SSSR count). The van der Waals surface area contributed by atoms with Crippen molar-refractivity contribution < 1.29 is 4.74 Å². The predicted molar refractivity (Wildman–Crippen MR) is 109 cm³/mol. The highest BCUT2D eigenvalue weighted by molar-refractivity contribution is 5.82. The number of benzene rings is 2. The minimum atomic E-state index is 0.497. The maximum Gasteiger partial charge on any atom is 0.183 e. The van der Waals surface area contributed by atoms with Crippen LogP contribution in [0.3, 0.4) is 0 Å². The molecule has 1 aliphatic heterocycles. The summed E-state index contributed by atoms with van der Waals surface area (Å²) in [6.07, 6.45) is 1.98. The van der Waals surface area contributed by atoms with Crippen molar-refractivity contribution in [2.75, 3.05) is 43.5 Å². The van der Waals surface area contributed by atoms with Crippen LogP contribution in [0.2, 0.25) is 0 Å². The van der Waals surface area contributed by atoms with Crippen molar-refractivity contribution >= 4 is 22.7 Å². The average molecular weight is 374 g/mol. The largest absolute Gasteiger partial charge is 0.497 e. The molecule has 1 aromatic heterocycles. The first-order valence-corrected chi connectivity index (χ1v) is 9.29. The summed E-state index contributed by atoms with van der Waals surface area (Å²) in [6.45, 7) is 4.46. The van der Waals surface area contributed by atoms with Crippen LogP contribution >= 0.6 is 0 Å². The van der Waals surface area contributed by atoms with E-state index in [9.17, 15) is 0 Å². The summed E-state index contributed by atoms with van der Waals surface area (Å²) >= 11 is 0. The van der Waals surface area contributed by atoms with Crippen LogP contribution in [0.15, 0.2) is 48.5 Å². The summed E-state index contributed by atoms with van der Waals surface area (Å²) in [7, 11) is 1.63. The van der Waals surface area contributed by atoms with Gasteiger partial charge in [0.25, 0.3) is 0 Å². The third-order valence-corrected chi connectivity index (χ3v) is 4.95. The highest BCUT2D eigenvalue weighted by Gasteiger charge is 2.22. The van der Waals surface area contributed by atoms with Crippen molar-refractivity contribution in [2.45, 2.75) is 6.54 Å². The maximum absolute atomic E-state index is 9.13. The van der Waals surface area contributed by atoms with Gasteiger partial charge in [0, 0.05) is 38.8 Å². The van der Waals surface area contributed by atoms with Gasteiger partial charge in [0.1, 0.15) is 5.75 Å². The number of nitrogens with zero attached hydrogens (tertiary/aromatic N) is 5. The quantitative estimate of drug-likeness (QED) is 0.543. The molecule has 0 amide bonds. The number of methoxy groups -OCH3 is 1. The maximum atomic E-state index is 9.13. The predicted octanol–water partition coefficient (Wildman–Crippen LogP) is 2.85. The second kappa shape index (κ2) is 8.11. The van der Waals surface area contributed by atoms with Crippen molar-refractivity contribution in [3.8, 4) is 11.9 Å². The van der Waals surface area contributed by atoms with E-state index in [4.69, 9.17) is 15.0 Å². The van der Waals surface area contributed by atoms with Gasteiger partial charge in [0.2, 0.25) is 0 Å². The average Bonchev–Trinajstić information content (AvgIpc) is 2.74. The number of hydrogen-bond acceptors (Lipinski definition) is 7. The van der Waals surface area contributed by atoms with Crippen LogP contribution in [0.4, 0.5) is 11.6 Å². The molecule has 0 bridgehead atoms. The Balaban J connectivity index is 1.54. The monoisotopic (exact) mass is 374 g/mol. The van der Waals surface area contributed by atoms with E-state index in [0.717, 1.165) is 49.5 Å². The molecule has 0 saturated carbocycles. The molecule has 0 radical (unpaired) electrons. The van der Waals surface area contributed by atoms with Crippen LogP contribution in [-0.4, -0.2) is 48.2 Å². The van der Waals surface area contributed by atoms with Crippen molar-refractivity contribution in [1.82, 2.24) is 14.9 Å². The van der Waals surface area contributed by atoms with Crippen LogP contribution in [-0.2, 0) is 6.54 Å². The van der Waals surface area contributed by atoms with Crippen LogP contribution < -0.4 is 15.0 Å². The molecular weight excluding hydrogens is 352 g/mol. The Kier molecular flexibility index (Phi) is 5.22. The van der Waals surface area contributed by atoms with E-state index >= 15 is 0 Å². The summed E-state index contributed by atoms with van der Waals surface area (Å²) in [5.41, 5.74) is 2.80. The lowest BCUT2D eigenvalue weighted by Gasteiger charge is -2.35. The van der Waals surface area contributed by atoms with Crippen LogP contribution in [0, 0.1) is 11.5 Å². The molecule has 7 heteroatoms. The summed E-state index contributed by atoms with van der Waals surface area (Å²) in [5.74, 6) is 1.94. The van der Waals surface area contributed by atoms with Gasteiger partial charge in [-0.15, -0.1) is 0 Å². The lowest BCUT2D eigenvalue weighted by Crippen LogP contribution is -2.46. The Morgan fingerprint density at radius 2 is 1.82 bits per heavy atom. The number of fused-ring (bicyclic) bond motifs is 1. The molecule has 0 atom stereocenters. The van der Waals surface area contributed by atoms with Crippen LogP contribution in [0.25, 0.3) is 11.0 Å². The number of rotatable bonds is 5. The lowest BCUT2D eigenvalue weighted by atomic mass is 10.2. The molecule has 1 saturated heterocycles. The zero-order valence-electron chi connectivity index (χ0n) is 15.8. The topological polar surface area (TPSA) is 77.3 Å². The van der Waals surface area contributed by atoms with E-state index in [1.807, 2.05) is 30.5 Å². The zero-order chi connectivity index (χ0) is 19.3. The fraction of sp³-hybridized carbons (Fsp3) is 0.286. The molecule has 0 spiro atoms. The lowest BCUT2D eigenvalue weighted by molar-refractivity contribution is 0.249. The number of nitriles is 1. The van der Waals surface area contributed by atoms with E-state index in [0.29, 0.717) is 11.6 Å². The second-order valence-corrected chi connectivity index (χ2v) is 6.74. The van der Waals surface area contributed by atoms with Gasteiger partial charge in [-0.05, 0) is 17.7 Å². The van der Waals surface area contributed by atoms with Gasteiger partial charge in [-0.3, -0.25) is 10.2 Å². The third-order valence-electron chi connectivity index (χ3n) is 4.95. The standard InChI is InChI=1S/C21H22N6O/c1-28-17-7-8-18-19(13-17)25-21(20(24-18)23-15-22)27-11-9-26(10-12-27)14-16-5-3-2-4-6-16/h2-8,13H,9-12,14H2,1H3,(H,23,24). The van der Waals surface area contributed by atoms with Gasteiger partial charge in [-0.1, -0.05) is 30.3 Å². The van der Waals surface area contributed by atoms with Crippen molar-refractivity contribution in [2.24, 2.45) is 0 Å². The van der Waals surface area contributed by atoms with Crippen LogP contribution in [0.5, 0.6) is 5.75 Å². The molecule has 28 heavy (non-hydrogen) atoms.